The Hall–Kier alpha value is -2.01. The third-order valence-electron chi connectivity index (χ3n) is 3.39. The van der Waals surface area contributed by atoms with Crippen molar-refractivity contribution in [3.63, 3.8) is 0 Å². The Kier molecular flexibility index (Phi) is 3.76. The zero-order valence-corrected chi connectivity index (χ0v) is 11.1. The average molecular weight is 261 g/mol. The van der Waals surface area contributed by atoms with E-state index in [-0.39, 0.29) is 24.5 Å². The number of H-pyrrole nitrogens is 1. The van der Waals surface area contributed by atoms with Crippen LogP contribution >= 0.6 is 0 Å². The number of rotatable bonds is 4. The van der Waals surface area contributed by atoms with Crippen LogP contribution in [0.3, 0.4) is 0 Å². The number of nitrogens with two attached hydrogens (primary N) is 1. The van der Waals surface area contributed by atoms with Gasteiger partial charge in [0.15, 0.2) is 0 Å². The zero-order valence-electron chi connectivity index (χ0n) is 11.1. The number of hydrogen-bond acceptors (Lipinski definition) is 3. The van der Waals surface area contributed by atoms with Gasteiger partial charge in [-0.15, -0.1) is 0 Å². The fourth-order valence-corrected chi connectivity index (χ4v) is 1.86. The minimum atomic E-state index is -0.178. The van der Waals surface area contributed by atoms with E-state index in [9.17, 15) is 4.79 Å². The van der Waals surface area contributed by atoms with E-state index < -0.39 is 0 Å². The summed E-state index contributed by atoms with van der Waals surface area (Å²) in [6.45, 7) is 3.81. The van der Waals surface area contributed by atoms with Gasteiger partial charge in [0.2, 0.25) is 0 Å². The van der Waals surface area contributed by atoms with Gasteiger partial charge >= 0.3 is 0 Å². The van der Waals surface area contributed by atoms with Crippen LogP contribution in [0, 0.1) is 5.92 Å². The van der Waals surface area contributed by atoms with Gasteiger partial charge in [0.1, 0.15) is 5.69 Å². The highest BCUT2D eigenvalue weighted by molar-refractivity contribution is 5.98. The first-order valence-corrected chi connectivity index (χ1v) is 6.31. The van der Waals surface area contributed by atoms with Crippen LogP contribution in [0.2, 0.25) is 0 Å². The summed E-state index contributed by atoms with van der Waals surface area (Å²) in [4.78, 5) is 15.1. The Morgan fingerprint density at radius 3 is 2.84 bits per heavy atom. The normalized spacial score (nSPS) is 14.3. The van der Waals surface area contributed by atoms with E-state index in [1.165, 1.54) is 0 Å². The molecular formula is C14H19N3O2. The quantitative estimate of drug-likeness (QED) is 0.628. The summed E-state index contributed by atoms with van der Waals surface area (Å²) in [6, 6.07) is 7.15. The first-order valence-electron chi connectivity index (χ1n) is 6.31. The van der Waals surface area contributed by atoms with Gasteiger partial charge < -0.3 is 21.1 Å². The number of nitrogen functional groups attached to an aromatic ring is 1. The molecule has 2 rings (SSSR count). The molecule has 1 aromatic carbocycles. The standard InChI is InChI=1S/C14H19N3O2/c1-8(7-18)9(2)16-14(19)13-6-10-5-11(15)3-4-12(10)17-13/h3-6,8-9,17-18H,7,15H2,1-2H3,(H,16,19). The molecule has 0 saturated carbocycles. The molecule has 5 nitrogen and oxygen atoms in total. The summed E-state index contributed by atoms with van der Waals surface area (Å²) >= 11 is 0. The number of fused-ring (bicyclic) bond motifs is 1. The molecule has 0 bridgehead atoms. The number of benzene rings is 1. The Balaban J connectivity index is 2.17. The van der Waals surface area contributed by atoms with Gasteiger partial charge in [0.25, 0.3) is 5.91 Å². The highest BCUT2D eigenvalue weighted by Crippen LogP contribution is 2.18. The van der Waals surface area contributed by atoms with Crippen LogP contribution in [0.1, 0.15) is 24.3 Å². The highest BCUT2D eigenvalue weighted by atomic mass is 16.3. The van der Waals surface area contributed by atoms with Crippen LogP contribution in [0.5, 0.6) is 0 Å². The number of aliphatic hydroxyl groups excluding tert-OH is 1. The molecule has 19 heavy (non-hydrogen) atoms. The second kappa shape index (κ2) is 5.32. The molecule has 102 valence electrons. The van der Waals surface area contributed by atoms with Crippen LogP contribution in [0.15, 0.2) is 24.3 Å². The maximum atomic E-state index is 12.1. The molecule has 1 aromatic heterocycles. The average Bonchev–Trinajstić information content (AvgIpc) is 2.80. The molecule has 1 heterocycles. The smallest absolute Gasteiger partial charge is 0.267 e. The Morgan fingerprint density at radius 2 is 2.16 bits per heavy atom. The number of aromatic nitrogens is 1. The molecule has 2 aromatic rings. The number of amides is 1. The second-order valence-corrected chi connectivity index (χ2v) is 4.95. The van der Waals surface area contributed by atoms with Gasteiger partial charge in [0, 0.05) is 29.2 Å². The number of nitrogens with one attached hydrogen (secondary N) is 2. The Labute approximate surface area is 111 Å². The van der Waals surface area contributed by atoms with Gasteiger partial charge in [0.05, 0.1) is 0 Å². The van der Waals surface area contributed by atoms with E-state index in [1.54, 1.807) is 12.1 Å². The lowest BCUT2D eigenvalue weighted by Gasteiger charge is -2.18. The molecule has 2 atom stereocenters. The fraction of sp³-hybridized carbons (Fsp3) is 0.357. The number of hydrogen-bond donors (Lipinski definition) is 4. The SMILES string of the molecule is CC(CO)C(C)NC(=O)c1cc2cc(N)ccc2[nH]1. The molecule has 0 aliphatic carbocycles. The summed E-state index contributed by atoms with van der Waals surface area (Å²) in [5.41, 5.74) is 7.75. The van der Waals surface area contributed by atoms with E-state index in [4.69, 9.17) is 10.8 Å². The number of aliphatic hydroxyl groups is 1. The van der Waals surface area contributed by atoms with Crippen molar-refractivity contribution >= 4 is 22.5 Å². The van der Waals surface area contributed by atoms with E-state index in [0.717, 1.165) is 10.9 Å². The first kappa shape index (κ1) is 13.4. The maximum absolute atomic E-state index is 12.1. The zero-order chi connectivity index (χ0) is 14.0. The van der Waals surface area contributed by atoms with Crippen LogP contribution < -0.4 is 11.1 Å². The molecule has 0 saturated heterocycles. The molecule has 0 radical (unpaired) electrons. The third kappa shape index (κ3) is 2.88. The topological polar surface area (TPSA) is 91.1 Å². The number of carbonyl (C=O) groups excluding carboxylic acids is 1. The number of anilines is 1. The van der Waals surface area contributed by atoms with Crippen molar-refractivity contribution < 1.29 is 9.90 Å². The molecule has 2 unspecified atom stereocenters. The Morgan fingerprint density at radius 1 is 1.42 bits per heavy atom. The van der Waals surface area contributed by atoms with E-state index >= 15 is 0 Å². The largest absolute Gasteiger partial charge is 0.399 e. The molecule has 0 aliphatic heterocycles. The van der Waals surface area contributed by atoms with Crippen LogP contribution in [-0.4, -0.2) is 28.6 Å². The fourth-order valence-electron chi connectivity index (χ4n) is 1.86. The van der Waals surface area contributed by atoms with E-state index in [0.29, 0.717) is 11.4 Å². The van der Waals surface area contributed by atoms with Crippen molar-refractivity contribution in [2.45, 2.75) is 19.9 Å². The van der Waals surface area contributed by atoms with E-state index in [2.05, 4.69) is 10.3 Å². The van der Waals surface area contributed by atoms with Crippen LogP contribution in [-0.2, 0) is 0 Å². The summed E-state index contributed by atoms with van der Waals surface area (Å²) in [5.74, 6) is -0.161. The predicted molar refractivity (Wildman–Crippen MR) is 75.9 cm³/mol. The Bertz CT molecular complexity index is 591. The lowest BCUT2D eigenvalue weighted by atomic mass is 10.1. The second-order valence-electron chi connectivity index (χ2n) is 4.95. The van der Waals surface area contributed by atoms with Crippen molar-refractivity contribution in [2.75, 3.05) is 12.3 Å². The summed E-state index contributed by atoms with van der Waals surface area (Å²) in [7, 11) is 0. The molecule has 0 spiro atoms. The van der Waals surface area contributed by atoms with Crippen molar-refractivity contribution in [1.29, 1.82) is 0 Å². The van der Waals surface area contributed by atoms with Gasteiger partial charge in [-0.25, -0.2) is 0 Å². The number of carbonyl (C=O) groups is 1. The summed E-state index contributed by atoms with van der Waals surface area (Å²) < 4.78 is 0. The highest BCUT2D eigenvalue weighted by Gasteiger charge is 2.16. The molecule has 1 amide bonds. The van der Waals surface area contributed by atoms with Crippen LogP contribution in [0.4, 0.5) is 5.69 Å². The minimum absolute atomic E-state index is 0.0176. The summed E-state index contributed by atoms with van der Waals surface area (Å²) in [6.07, 6.45) is 0. The molecular weight excluding hydrogens is 242 g/mol. The molecule has 0 aliphatic rings. The van der Waals surface area contributed by atoms with Crippen molar-refractivity contribution in [1.82, 2.24) is 10.3 Å². The van der Waals surface area contributed by atoms with Crippen molar-refractivity contribution in [2.24, 2.45) is 5.92 Å². The third-order valence-corrected chi connectivity index (χ3v) is 3.39. The van der Waals surface area contributed by atoms with Gasteiger partial charge in [-0.05, 0) is 37.1 Å². The lowest BCUT2D eigenvalue weighted by molar-refractivity contribution is 0.0912. The van der Waals surface area contributed by atoms with Crippen molar-refractivity contribution in [3.05, 3.63) is 30.0 Å². The maximum Gasteiger partial charge on any atom is 0.267 e. The summed E-state index contributed by atoms with van der Waals surface area (Å²) in [5, 5.41) is 12.8. The minimum Gasteiger partial charge on any atom is -0.399 e. The first-order chi connectivity index (χ1) is 9.01. The van der Waals surface area contributed by atoms with Crippen molar-refractivity contribution in [3.8, 4) is 0 Å². The molecule has 5 heteroatoms. The van der Waals surface area contributed by atoms with E-state index in [1.807, 2.05) is 26.0 Å². The predicted octanol–water partition coefficient (Wildman–Crippen LogP) is 1.50. The lowest BCUT2D eigenvalue weighted by Crippen LogP contribution is -2.38. The molecule has 5 N–H and O–H groups in total. The van der Waals surface area contributed by atoms with Crippen LogP contribution in [0.25, 0.3) is 10.9 Å². The number of aromatic amines is 1. The van der Waals surface area contributed by atoms with Gasteiger partial charge in [-0.3, -0.25) is 4.79 Å². The van der Waals surface area contributed by atoms with Gasteiger partial charge in [-0.2, -0.15) is 0 Å². The molecule has 0 fully saturated rings. The van der Waals surface area contributed by atoms with Gasteiger partial charge in [-0.1, -0.05) is 6.92 Å². The monoisotopic (exact) mass is 261 g/mol.